The van der Waals surface area contributed by atoms with E-state index in [0.29, 0.717) is 15.2 Å². The topological polar surface area (TPSA) is 73.2 Å². The van der Waals surface area contributed by atoms with Crippen molar-refractivity contribution in [2.24, 2.45) is 0 Å². The Balaban J connectivity index is 1.94. The molecule has 26 heavy (non-hydrogen) atoms. The van der Waals surface area contributed by atoms with Crippen molar-refractivity contribution in [3.8, 4) is 0 Å². The number of nitrogens with zero attached hydrogens (tertiary/aromatic N) is 2. The number of amides is 1. The summed E-state index contributed by atoms with van der Waals surface area (Å²) in [6.07, 6.45) is 4.36. The fourth-order valence-corrected chi connectivity index (χ4v) is 4.23. The van der Waals surface area contributed by atoms with E-state index in [4.69, 9.17) is 4.74 Å². The van der Waals surface area contributed by atoms with Crippen LogP contribution in [0.15, 0.2) is 12.3 Å². The smallest absolute Gasteiger partial charge is 0.341 e. The number of esters is 1. The van der Waals surface area contributed by atoms with E-state index in [9.17, 15) is 18.4 Å². The van der Waals surface area contributed by atoms with Crippen molar-refractivity contribution < 1.29 is 23.1 Å². The molecular weight excluding hydrogens is 364 g/mol. The van der Waals surface area contributed by atoms with Crippen molar-refractivity contribution in [1.82, 2.24) is 9.78 Å². The summed E-state index contributed by atoms with van der Waals surface area (Å²) in [6.45, 7) is 0.569. The first-order chi connectivity index (χ1) is 12.4. The summed E-state index contributed by atoms with van der Waals surface area (Å²) in [5.74, 6) is -1.24. The largest absolute Gasteiger partial charge is 0.459 e. The van der Waals surface area contributed by atoms with Crippen LogP contribution in [0.5, 0.6) is 0 Å². The third-order valence-electron chi connectivity index (χ3n) is 4.03. The molecule has 0 atom stereocenters. The highest BCUT2D eigenvalue weighted by Gasteiger charge is 2.29. The SMILES string of the molecule is CC(C)OC(=O)c1c(NC(=O)c2ccnn2C(F)F)sc2c1CCCC2. The number of anilines is 1. The first-order valence-corrected chi connectivity index (χ1v) is 9.18. The molecule has 9 heteroatoms. The summed E-state index contributed by atoms with van der Waals surface area (Å²) in [6, 6.07) is 1.21. The van der Waals surface area contributed by atoms with Crippen LogP contribution < -0.4 is 5.32 Å². The van der Waals surface area contributed by atoms with Gasteiger partial charge in [0.2, 0.25) is 0 Å². The fourth-order valence-electron chi connectivity index (χ4n) is 2.96. The third-order valence-corrected chi connectivity index (χ3v) is 5.24. The Hall–Kier alpha value is -2.29. The maximum atomic E-state index is 12.9. The number of fused-ring (bicyclic) bond motifs is 1. The van der Waals surface area contributed by atoms with E-state index in [1.54, 1.807) is 13.8 Å². The molecule has 1 aliphatic carbocycles. The van der Waals surface area contributed by atoms with Crippen LogP contribution in [-0.4, -0.2) is 27.8 Å². The molecule has 2 aromatic heterocycles. The Morgan fingerprint density at radius 2 is 2.04 bits per heavy atom. The Bertz CT molecular complexity index is 829. The number of aryl methyl sites for hydroxylation is 1. The van der Waals surface area contributed by atoms with Crippen LogP contribution in [0.25, 0.3) is 0 Å². The van der Waals surface area contributed by atoms with Crippen LogP contribution in [-0.2, 0) is 17.6 Å². The molecule has 1 amide bonds. The van der Waals surface area contributed by atoms with E-state index in [0.717, 1.165) is 42.3 Å². The second-order valence-corrected chi connectivity index (χ2v) is 7.37. The van der Waals surface area contributed by atoms with Gasteiger partial charge in [0.1, 0.15) is 10.7 Å². The van der Waals surface area contributed by atoms with Crippen molar-refractivity contribution >= 4 is 28.2 Å². The number of carbonyl (C=O) groups excluding carboxylic acids is 2. The average Bonchev–Trinajstić information content (AvgIpc) is 3.18. The number of hydrogen-bond donors (Lipinski definition) is 1. The number of thiophene rings is 1. The van der Waals surface area contributed by atoms with Crippen LogP contribution in [0.1, 0.15) is 64.5 Å². The first kappa shape index (κ1) is 18.5. The molecule has 0 radical (unpaired) electrons. The highest BCUT2D eigenvalue weighted by molar-refractivity contribution is 7.17. The molecule has 140 valence electrons. The summed E-state index contributed by atoms with van der Waals surface area (Å²) in [7, 11) is 0. The minimum Gasteiger partial charge on any atom is -0.459 e. The van der Waals surface area contributed by atoms with Gasteiger partial charge in [0.25, 0.3) is 5.91 Å². The fraction of sp³-hybridized carbons (Fsp3) is 0.471. The molecule has 0 aromatic carbocycles. The number of rotatable bonds is 5. The number of halogens is 2. The van der Waals surface area contributed by atoms with Gasteiger partial charge in [-0.05, 0) is 51.2 Å². The molecule has 0 bridgehead atoms. The van der Waals surface area contributed by atoms with E-state index in [1.807, 2.05) is 0 Å². The monoisotopic (exact) mass is 383 g/mol. The number of ether oxygens (including phenoxy) is 1. The highest BCUT2D eigenvalue weighted by Crippen LogP contribution is 2.39. The van der Waals surface area contributed by atoms with E-state index >= 15 is 0 Å². The molecule has 0 unspecified atom stereocenters. The van der Waals surface area contributed by atoms with Crippen molar-refractivity contribution in [1.29, 1.82) is 0 Å². The summed E-state index contributed by atoms with van der Waals surface area (Å²) in [4.78, 5) is 26.0. The minimum atomic E-state index is -2.92. The van der Waals surface area contributed by atoms with Crippen molar-refractivity contribution in [2.75, 3.05) is 5.32 Å². The van der Waals surface area contributed by atoms with Crippen molar-refractivity contribution in [3.63, 3.8) is 0 Å². The minimum absolute atomic E-state index is 0.269. The predicted molar refractivity (Wildman–Crippen MR) is 92.9 cm³/mol. The highest BCUT2D eigenvalue weighted by atomic mass is 32.1. The zero-order valence-corrected chi connectivity index (χ0v) is 15.2. The lowest BCUT2D eigenvalue weighted by Gasteiger charge is -2.14. The summed E-state index contributed by atoms with van der Waals surface area (Å²) in [5, 5.41) is 6.40. The maximum absolute atomic E-state index is 12.9. The zero-order chi connectivity index (χ0) is 18.8. The standard InChI is InChI=1S/C17H19F2N3O3S/c1-9(2)25-16(24)13-10-5-3-4-6-12(10)26-15(13)21-14(23)11-7-8-20-22(11)17(18)19/h7-9,17H,3-6H2,1-2H3,(H,21,23). The quantitative estimate of drug-likeness (QED) is 0.791. The molecule has 6 nitrogen and oxygen atoms in total. The van der Waals surface area contributed by atoms with Crippen LogP contribution >= 0.6 is 11.3 Å². The van der Waals surface area contributed by atoms with E-state index in [1.165, 1.54) is 17.4 Å². The van der Waals surface area contributed by atoms with Gasteiger partial charge in [-0.1, -0.05) is 0 Å². The summed E-state index contributed by atoms with van der Waals surface area (Å²) in [5.41, 5.74) is 0.967. The first-order valence-electron chi connectivity index (χ1n) is 8.37. The van der Waals surface area contributed by atoms with Gasteiger partial charge < -0.3 is 10.1 Å². The molecule has 1 aliphatic rings. The maximum Gasteiger partial charge on any atom is 0.341 e. The lowest BCUT2D eigenvalue weighted by atomic mass is 9.95. The van der Waals surface area contributed by atoms with Crippen LogP contribution in [0.2, 0.25) is 0 Å². The molecule has 0 saturated carbocycles. The van der Waals surface area contributed by atoms with Crippen LogP contribution in [0.4, 0.5) is 13.8 Å². The molecule has 1 N–H and O–H groups in total. The molecule has 0 spiro atoms. The lowest BCUT2D eigenvalue weighted by Crippen LogP contribution is -2.20. The second kappa shape index (κ2) is 7.53. The molecule has 2 aromatic rings. The van der Waals surface area contributed by atoms with Gasteiger partial charge in [-0.3, -0.25) is 4.79 Å². The van der Waals surface area contributed by atoms with Crippen LogP contribution in [0, 0.1) is 0 Å². The van der Waals surface area contributed by atoms with Gasteiger partial charge in [0.05, 0.1) is 11.7 Å². The van der Waals surface area contributed by atoms with Gasteiger partial charge >= 0.3 is 12.5 Å². The average molecular weight is 383 g/mol. The summed E-state index contributed by atoms with van der Waals surface area (Å²) < 4.78 is 31.5. The molecule has 0 fully saturated rings. The molecule has 3 rings (SSSR count). The van der Waals surface area contributed by atoms with E-state index in [2.05, 4.69) is 10.4 Å². The van der Waals surface area contributed by atoms with E-state index < -0.39 is 18.4 Å². The number of hydrogen-bond acceptors (Lipinski definition) is 5. The van der Waals surface area contributed by atoms with Gasteiger partial charge in [-0.25, -0.2) is 4.79 Å². The third kappa shape index (κ3) is 3.62. The Kier molecular flexibility index (Phi) is 5.36. The zero-order valence-electron chi connectivity index (χ0n) is 14.4. The molecule has 0 saturated heterocycles. The number of nitrogens with one attached hydrogen (secondary N) is 1. The van der Waals surface area contributed by atoms with Gasteiger partial charge in [-0.15, -0.1) is 11.3 Å². The second-order valence-electron chi connectivity index (χ2n) is 6.26. The Morgan fingerprint density at radius 1 is 1.31 bits per heavy atom. The Morgan fingerprint density at radius 3 is 2.73 bits per heavy atom. The predicted octanol–water partition coefficient (Wildman–Crippen LogP) is 4.04. The molecular formula is C17H19F2N3O3S. The van der Waals surface area contributed by atoms with E-state index in [-0.39, 0.29) is 11.8 Å². The summed E-state index contributed by atoms with van der Waals surface area (Å²) >= 11 is 1.31. The lowest BCUT2D eigenvalue weighted by molar-refractivity contribution is 0.0378. The normalized spacial score (nSPS) is 13.8. The number of aromatic nitrogens is 2. The number of carbonyl (C=O) groups is 2. The van der Waals surface area contributed by atoms with Gasteiger partial charge in [-0.2, -0.15) is 18.6 Å². The molecule has 2 heterocycles. The van der Waals surface area contributed by atoms with Crippen molar-refractivity contribution in [2.45, 2.75) is 52.2 Å². The van der Waals surface area contributed by atoms with Crippen molar-refractivity contribution in [3.05, 3.63) is 34.0 Å². The van der Waals surface area contributed by atoms with Gasteiger partial charge in [0, 0.05) is 11.1 Å². The number of alkyl halides is 2. The molecule has 0 aliphatic heterocycles. The van der Waals surface area contributed by atoms with Crippen LogP contribution in [0.3, 0.4) is 0 Å². The van der Waals surface area contributed by atoms with Gasteiger partial charge in [0.15, 0.2) is 0 Å². The Labute approximate surface area is 153 Å².